The van der Waals surface area contributed by atoms with E-state index in [1.807, 2.05) is 6.08 Å². The fourth-order valence-corrected chi connectivity index (χ4v) is 4.37. The summed E-state index contributed by atoms with van der Waals surface area (Å²) in [7, 11) is 0. The second-order valence-electron chi connectivity index (χ2n) is 6.87. The van der Waals surface area contributed by atoms with Gasteiger partial charge < -0.3 is 0 Å². The molecule has 3 aromatic carbocycles. The molecule has 1 aliphatic rings. The molecule has 1 aliphatic carbocycles. The maximum Gasteiger partial charge on any atom is 0.0713 e. The molecule has 0 atom stereocenters. The summed E-state index contributed by atoms with van der Waals surface area (Å²) in [4.78, 5) is 0. The van der Waals surface area contributed by atoms with Crippen LogP contribution in [-0.2, 0) is 5.41 Å². The van der Waals surface area contributed by atoms with E-state index in [0.717, 1.165) is 6.42 Å². The minimum absolute atomic E-state index is 0.339. The van der Waals surface area contributed by atoms with Crippen LogP contribution < -0.4 is 0 Å². The van der Waals surface area contributed by atoms with Crippen LogP contribution in [0.25, 0.3) is 11.1 Å². The maximum absolute atomic E-state index is 4.20. The quantitative estimate of drug-likeness (QED) is 0.432. The summed E-state index contributed by atoms with van der Waals surface area (Å²) in [6, 6.07) is 28.4. The first-order valence-electron chi connectivity index (χ1n) is 9.58. The molecular formula is C27H24. The summed E-state index contributed by atoms with van der Waals surface area (Å²) in [6.45, 7) is 6.36. The van der Waals surface area contributed by atoms with Crippen LogP contribution in [0.2, 0.25) is 0 Å². The molecule has 27 heavy (non-hydrogen) atoms. The van der Waals surface area contributed by atoms with Gasteiger partial charge in [0.1, 0.15) is 0 Å². The van der Waals surface area contributed by atoms with Gasteiger partial charge in [-0.05, 0) is 39.8 Å². The summed E-state index contributed by atoms with van der Waals surface area (Å²) < 4.78 is 0. The van der Waals surface area contributed by atoms with Crippen molar-refractivity contribution in [2.75, 3.05) is 0 Å². The van der Waals surface area contributed by atoms with Gasteiger partial charge in [-0.1, -0.05) is 117 Å². The Kier molecular flexibility index (Phi) is 4.64. The molecule has 0 saturated carbocycles. The lowest BCUT2D eigenvalue weighted by Gasteiger charge is -2.34. The molecule has 0 bridgehead atoms. The van der Waals surface area contributed by atoms with Crippen molar-refractivity contribution >= 4 is 0 Å². The number of benzene rings is 3. The van der Waals surface area contributed by atoms with Gasteiger partial charge in [0, 0.05) is 0 Å². The SMILES string of the molecule is C=C/C(=C\C=C/CC)C1(c2ccccc2)c2ccccc2-c2ccccc21. The summed E-state index contributed by atoms with van der Waals surface area (Å²) in [5.41, 5.74) is 7.42. The van der Waals surface area contributed by atoms with Crippen molar-refractivity contribution in [2.45, 2.75) is 18.8 Å². The molecule has 4 rings (SSSR count). The number of hydrogen-bond acceptors (Lipinski definition) is 0. The minimum Gasteiger partial charge on any atom is -0.0987 e. The fourth-order valence-electron chi connectivity index (χ4n) is 4.37. The van der Waals surface area contributed by atoms with Gasteiger partial charge in [0.2, 0.25) is 0 Å². The van der Waals surface area contributed by atoms with E-state index in [4.69, 9.17) is 0 Å². The highest BCUT2D eigenvalue weighted by molar-refractivity contribution is 5.86. The van der Waals surface area contributed by atoms with Crippen LogP contribution in [0.4, 0.5) is 0 Å². The molecule has 0 spiro atoms. The van der Waals surface area contributed by atoms with Crippen molar-refractivity contribution in [2.24, 2.45) is 0 Å². The number of hydrogen-bond donors (Lipinski definition) is 0. The minimum atomic E-state index is -0.339. The third-order valence-corrected chi connectivity index (χ3v) is 5.46. The molecule has 0 heterocycles. The zero-order valence-corrected chi connectivity index (χ0v) is 15.7. The van der Waals surface area contributed by atoms with Crippen molar-refractivity contribution in [3.63, 3.8) is 0 Å². The Morgan fingerprint density at radius 3 is 1.93 bits per heavy atom. The van der Waals surface area contributed by atoms with Crippen LogP contribution in [0, 0.1) is 0 Å². The van der Waals surface area contributed by atoms with Gasteiger partial charge in [-0.3, -0.25) is 0 Å². The highest BCUT2D eigenvalue weighted by Gasteiger charge is 2.45. The van der Waals surface area contributed by atoms with E-state index in [2.05, 4.69) is 111 Å². The van der Waals surface area contributed by atoms with Crippen molar-refractivity contribution in [3.05, 3.63) is 132 Å². The smallest absolute Gasteiger partial charge is 0.0713 e. The zero-order chi connectivity index (χ0) is 18.7. The molecule has 3 aromatic rings. The van der Waals surface area contributed by atoms with Gasteiger partial charge in [0.25, 0.3) is 0 Å². The van der Waals surface area contributed by atoms with Gasteiger partial charge in [0.15, 0.2) is 0 Å². The van der Waals surface area contributed by atoms with Gasteiger partial charge in [-0.25, -0.2) is 0 Å². The molecule has 0 amide bonds. The third-order valence-electron chi connectivity index (χ3n) is 5.46. The average Bonchev–Trinajstić information content (AvgIpc) is 3.04. The lowest BCUT2D eigenvalue weighted by Crippen LogP contribution is -2.28. The predicted molar refractivity (Wildman–Crippen MR) is 116 cm³/mol. The molecular weight excluding hydrogens is 324 g/mol. The first-order chi connectivity index (χ1) is 13.3. The van der Waals surface area contributed by atoms with Crippen LogP contribution in [-0.4, -0.2) is 0 Å². The molecule has 0 unspecified atom stereocenters. The maximum atomic E-state index is 4.20. The summed E-state index contributed by atoms with van der Waals surface area (Å²) in [5, 5.41) is 0. The first-order valence-corrected chi connectivity index (χ1v) is 9.58. The standard InChI is InChI=1S/C27H24/c1-3-5-7-14-21(4-2)27(22-15-8-6-9-16-22)25-19-12-10-17-23(25)24-18-11-13-20-26(24)27/h4-20H,2-3H2,1H3/b7-5-,21-14+. The molecule has 0 nitrogen and oxygen atoms in total. The van der Waals surface area contributed by atoms with Crippen LogP contribution in [0.3, 0.4) is 0 Å². The van der Waals surface area contributed by atoms with Gasteiger partial charge in [-0.2, -0.15) is 0 Å². The van der Waals surface area contributed by atoms with Gasteiger partial charge in [0.05, 0.1) is 5.41 Å². The average molecular weight is 348 g/mol. The van der Waals surface area contributed by atoms with Crippen LogP contribution in [0.5, 0.6) is 0 Å². The van der Waals surface area contributed by atoms with E-state index in [0.29, 0.717) is 0 Å². The summed E-state index contributed by atoms with van der Waals surface area (Å²) in [6.07, 6.45) is 9.61. The number of rotatable bonds is 5. The molecule has 132 valence electrons. The fraction of sp³-hybridized carbons (Fsp3) is 0.111. The number of fused-ring (bicyclic) bond motifs is 3. The summed E-state index contributed by atoms with van der Waals surface area (Å²) >= 11 is 0. The Balaban J connectivity index is 2.13. The Bertz CT molecular complexity index is 973. The predicted octanol–water partition coefficient (Wildman–Crippen LogP) is 7.08. The Morgan fingerprint density at radius 2 is 1.37 bits per heavy atom. The molecule has 0 N–H and O–H groups in total. The third kappa shape index (κ3) is 2.61. The van der Waals surface area contributed by atoms with E-state index < -0.39 is 0 Å². The second kappa shape index (κ2) is 7.25. The van der Waals surface area contributed by atoms with Gasteiger partial charge in [-0.15, -0.1) is 0 Å². The molecule has 0 fully saturated rings. The monoisotopic (exact) mass is 348 g/mol. The van der Waals surface area contributed by atoms with Crippen molar-refractivity contribution in [3.8, 4) is 11.1 Å². The summed E-state index contributed by atoms with van der Waals surface area (Å²) in [5.74, 6) is 0. The van der Waals surface area contributed by atoms with E-state index in [1.54, 1.807) is 0 Å². The van der Waals surface area contributed by atoms with E-state index in [9.17, 15) is 0 Å². The van der Waals surface area contributed by atoms with Crippen LogP contribution in [0.1, 0.15) is 30.0 Å². The van der Waals surface area contributed by atoms with E-state index >= 15 is 0 Å². The molecule has 0 saturated heterocycles. The lowest BCUT2D eigenvalue weighted by atomic mass is 9.67. The topological polar surface area (TPSA) is 0 Å². The zero-order valence-electron chi connectivity index (χ0n) is 15.7. The van der Waals surface area contributed by atoms with Crippen molar-refractivity contribution in [1.29, 1.82) is 0 Å². The highest BCUT2D eigenvalue weighted by atomic mass is 14.5. The van der Waals surface area contributed by atoms with E-state index in [1.165, 1.54) is 33.4 Å². The van der Waals surface area contributed by atoms with E-state index in [-0.39, 0.29) is 5.41 Å². The van der Waals surface area contributed by atoms with Crippen LogP contribution >= 0.6 is 0 Å². The second-order valence-corrected chi connectivity index (χ2v) is 6.87. The van der Waals surface area contributed by atoms with Crippen molar-refractivity contribution < 1.29 is 0 Å². The van der Waals surface area contributed by atoms with Gasteiger partial charge >= 0.3 is 0 Å². The molecule has 0 heteroatoms. The molecule has 0 aromatic heterocycles. The largest absolute Gasteiger partial charge is 0.0987 e. The lowest BCUT2D eigenvalue weighted by molar-refractivity contribution is 0.767. The Labute approximate surface area is 162 Å². The molecule has 0 radical (unpaired) electrons. The first kappa shape index (κ1) is 17.3. The number of allylic oxidation sites excluding steroid dienone is 5. The van der Waals surface area contributed by atoms with Crippen LogP contribution in [0.15, 0.2) is 115 Å². The normalized spacial score (nSPS) is 14.8. The molecule has 0 aliphatic heterocycles. The Hall–Kier alpha value is -3.12. The van der Waals surface area contributed by atoms with Crippen molar-refractivity contribution in [1.82, 2.24) is 0 Å². The highest BCUT2D eigenvalue weighted by Crippen LogP contribution is 2.56. The Morgan fingerprint density at radius 1 is 0.815 bits per heavy atom.